The van der Waals surface area contributed by atoms with Gasteiger partial charge in [0.1, 0.15) is 0 Å². The van der Waals surface area contributed by atoms with Gasteiger partial charge in [-0.15, -0.1) is 0 Å². The Morgan fingerprint density at radius 2 is 1.45 bits per heavy atom. The van der Waals surface area contributed by atoms with Gasteiger partial charge in [-0.05, 0) is 0 Å². The van der Waals surface area contributed by atoms with Crippen molar-refractivity contribution in [2.24, 2.45) is 0 Å². The Labute approximate surface area is 137 Å². The third kappa shape index (κ3) is 2.02. The molecule has 1 aliphatic rings. The zero-order valence-corrected chi connectivity index (χ0v) is 15.1. The summed E-state index contributed by atoms with van der Waals surface area (Å²) in [5, 5.41) is 2.68. The molecule has 2 nitrogen and oxygen atoms in total. The Hall–Kier alpha value is -1.06. The summed E-state index contributed by atoms with van der Waals surface area (Å²) in [5.74, 6) is 0. The molecule has 0 spiro atoms. The maximum absolute atomic E-state index is 6.28. The van der Waals surface area contributed by atoms with Crippen LogP contribution in [0.3, 0.4) is 0 Å². The molecule has 0 amide bonds. The number of fused-ring (bicyclic) bond motifs is 3. The SMILES string of the molecule is CC1(C)OB(c2cccc3[se]c4ccccc4c23)OC1(C)C. The number of benzene rings is 2. The average molecular weight is 357 g/mol. The molecule has 0 atom stereocenters. The van der Waals surface area contributed by atoms with Crippen LogP contribution >= 0.6 is 0 Å². The molecule has 1 fully saturated rings. The van der Waals surface area contributed by atoms with E-state index < -0.39 is 0 Å². The molecule has 0 radical (unpaired) electrons. The van der Waals surface area contributed by atoms with E-state index in [1.54, 1.807) is 0 Å². The van der Waals surface area contributed by atoms with E-state index in [0.29, 0.717) is 14.5 Å². The molecule has 0 unspecified atom stereocenters. The molecular formula is C18H19BO2Se. The van der Waals surface area contributed by atoms with E-state index >= 15 is 0 Å². The Kier molecular flexibility index (Phi) is 3.12. The minimum absolute atomic E-state index is 0.290. The first-order valence-corrected chi connectivity index (χ1v) is 9.36. The van der Waals surface area contributed by atoms with Crippen LogP contribution in [0.1, 0.15) is 27.7 Å². The molecule has 0 bridgehead atoms. The summed E-state index contributed by atoms with van der Waals surface area (Å²) in [5.41, 5.74) is 0.566. The molecule has 2 aromatic carbocycles. The van der Waals surface area contributed by atoms with Gasteiger partial charge >= 0.3 is 137 Å². The number of hydrogen-bond donors (Lipinski definition) is 0. The molecule has 1 aliphatic heterocycles. The van der Waals surface area contributed by atoms with Crippen molar-refractivity contribution in [3.8, 4) is 0 Å². The van der Waals surface area contributed by atoms with Crippen molar-refractivity contribution in [3.05, 3.63) is 42.5 Å². The van der Waals surface area contributed by atoms with Crippen molar-refractivity contribution in [1.82, 2.24) is 0 Å². The van der Waals surface area contributed by atoms with Crippen LogP contribution in [-0.4, -0.2) is 32.8 Å². The van der Waals surface area contributed by atoms with Gasteiger partial charge in [0.05, 0.1) is 0 Å². The van der Waals surface area contributed by atoms with Crippen LogP contribution in [0.4, 0.5) is 0 Å². The van der Waals surface area contributed by atoms with Gasteiger partial charge in [-0.25, -0.2) is 0 Å². The van der Waals surface area contributed by atoms with Crippen molar-refractivity contribution in [2.75, 3.05) is 0 Å². The Morgan fingerprint density at radius 1 is 0.818 bits per heavy atom. The van der Waals surface area contributed by atoms with Gasteiger partial charge < -0.3 is 0 Å². The van der Waals surface area contributed by atoms with Gasteiger partial charge in [-0.2, -0.15) is 0 Å². The molecule has 1 saturated heterocycles. The first kappa shape index (κ1) is 14.5. The minimum atomic E-state index is -0.302. The normalized spacial score (nSPS) is 20.1. The fourth-order valence-corrected chi connectivity index (χ4v) is 5.36. The number of rotatable bonds is 1. The fraction of sp³-hybridized carbons (Fsp3) is 0.333. The monoisotopic (exact) mass is 358 g/mol. The summed E-state index contributed by atoms with van der Waals surface area (Å²) in [4.78, 5) is 0. The molecule has 4 heteroatoms. The van der Waals surface area contributed by atoms with E-state index in [-0.39, 0.29) is 18.3 Å². The molecule has 1 aromatic heterocycles. The predicted octanol–water partition coefficient (Wildman–Crippen LogP) is 3.35. The van der Waals surface area contributed by atoms with Gasteiger partial charge in [-0.1, -0.05) is 0 Å². The predicted molar refractivity (Wildman–Crippen MR) is 94.1 cm³/mol. The summed E-state index contributed by atoms with van der Waals surface area (Å²) in [6, 6.07) is 15.2. The van der Waals surface area contributed by atoms with E-state index in [0.717, 1.165) is 0 Å². The van der Waals surface area contributed by atoms with Gasteiger partial charge in [0.15, 0.2) is 0 Å². The van der Waals surface area contributed by atoms with Crippen molar-refractivity contribution in [3.63, 3.8) is 0 Å². The second-order valence-corrected chi connectivity index (χ2v) is 9.18. The first-order valence-electron chi connectivity index (χ1n) is 7.65. The van der Waals surface area contributed by atoms with Crippen LogP contribution in [0.2, 0.25) is 0 Å². The van der Waals surface area contributed by atoms with Crippen LogP contribution in [0.15, 0.2) is 42.5 Å². The summed E-state index contributed by atoms with van der Waals surface area (Å²) in [6.45, 7) is 8.42. The molecule has 0 saturated carbocycles. The molecule has 3 aromatic rings. The fourth-order valence-electron chi connectivity index (χ4n) is 2.97. The van der Waals surface area contributed by atoms with Crippen molar-refractivity contribution < 1.29 is 9.31 Å². The zero-order valence-electron chi connectivity index (χ0n) is 13.3. The Morgan fingerprint density at radius 3 is 2.18 bits per heavy atom. The Balaban J connectivity index is 1.93. The van der Waals surface area contributed by atoms with Gasteiger partial charge in [0.2, 0.25) is 0 Å². The maximum atomic E-state index is 6.28. The zero-order chi connectivity index (χ0) is 15.5. The summed E-state index contributed by atoms with van der Waals surface area (Å²) < 4.78 is 15.4. The van der Waals surface area contributed by atoms with Gasteiger partial charge in [-0.3, -0.25) is 0 Å². The number of hydrogen-bond acceptors (Lipinski definition) is 2. The third-order valence-electron chi connectivity index (χ3n) is 4.94. The third-order valence-corrected chi connectivity index (χ3v) is 7.33. The van der Waals surface area contributed by atoms with E-state index in [2.05, 4.69) is 70.2 Å². The summed E-state index contributed by atoms with van der Waals surface area (Å²) >= 11 is 0.381. The molecule has 0 N–H and O–H groups in total. The second-order valence-electron chi connectivity index (χ2n) is 6.91. The van der Waals surface area contributed by atoms with E-state index in [1.807, 2.05) is 0 Å². The van der Waals surface area contributed by atoms with Crippen LogP contribution in [0.25, 0.3) is 19.3 Å². The van der Waals surface area contributed by atoms with Crippen LogP contribution < -0.4 is 5.46 Å². The standard InChI is InChI=1S/C18H19BO2Se/c1-17(2)18(3,4)21-19(20-17)13-9-7-11-15-16(13)12-8-5-6-10-14(12)22-15/h5-11H,1-4H3. The van der Waals surface area contributed by atoms with Crippen LogP contribution in [-0.2, 0) is 9.31 Å². The van der Waals surface area contributed by atoms with E-state index in [1.165, 1.54) is 24.8 Å². The van der Waals surface area contributed by atoms with E-state index in [9.17, 15) is 0 Å². The molecule has 2 heterocycles. The Bertz CT molecular complexity index is 850. The summed E-state index contributed by atoms with van der Waals surface area (Å²) in [6.07, 6.45) is 0. The molecule has 112 valence electrons. The molecule has 22 heavy (non-hydrogen) atoms. The second kappa shape index (κ2) is 4.72. The summed E-state index contributed by atoms with van der Waals surface area (Å²) in [7, 11) is -0.290. The first-order chi connectivity index (χ1) is 10.4. The molecular weight excluding hydrogens is 338 g/mol. The van der Waals surface area contributed by atoms with E-state index in [4.69, 9.17) is 9.31 Å². The van der Waals surface area contributed by atoms with Crippen LogP contribution in [0, 0.1) is 0 Å². The molecule has 0 aliphatic carbocycles. The van der Waals surface area contributed by atoms with Crippen molar-refractivity contribution in [1.29, 1.82) is 0 Å². The average Bonchev–Trinajstić information content (AvgIpc) is 2.93. The van der Waals surface area contributed by atoms with Crippen molar-refractivity contribution in [2.45, 2.75) is 38.9 Å². The topological polar surface area (TPSA) is 18.5 Å². The quantitative estimate of drug-likeness (QED) is 0.622. The van der Waals surface area contributed by atoms with Crippen molar-refractivity contribution >= 4 is 46.4 Å². The van der Waals surface area contributed by atoms with Crippen LogP contribution in [0.5, 0.6) is 0 Å². The molecule has 4 rings (SSSR count). The van der Waals surface area contributed by atoms with Gasteiger partial charge in [0, 0.05) is 0 Å². The van der Waals surface area contributed by atoms with Gasteiger partial charge in [0.25, 0.3) is 0 Å².